The predicted octanol–water partition coefficient (Wildman–Crippen LogP) is 3.08. The molecule has 6 heteroatoms. The number of H-pyrrole nitrogens is 1. The Kier molecular flexibility index (Phi) is 6.27. The third-order valence-corrected chi connectivity index (χ3v) is 5.79. The van der Waals surface area contributed by atoms with Gasteiger partial charge in [0.05, 0.1) is 17.6 Å². The molecule has 2 N–H and O–H groups in total. The van der Waals surface area contributed by atoms with E-state index in [-0.39, 0.29) is 5.91 Å². The number of nitrogens with zero attached hydrogens (tertiary/aromatic N) is 3. The SMILES string of the molecule is O=C(CN1CCCN(c2nc3ccccc3[nH]2)CC1)NCCC1=CCCCC1. The highest BCUT2D eigenvalue weighted by atomic mass is 16.2. The molecule has 0 unspecified atom stereocenters. The molecule has 1 aliphatic heterocycles. The highest BCUT2D eigenvalue weighted by Crippen LogP contribution is 2.20. The van der Waals surface area contributed by atoms with Gasteiger partial charge in [-0.3, -0.25) is 9.69 Å². The normalized spacial score (nSPS) is 18.7. The van der Waals surface area contributed by atoms with Gasteiger partial charge in [-0.25, -0.2) is 4.98 Å². The lowest BCUT2D eigenvalue weighted by molar-refractivity contribution is -0.122. The van der Waals surface area contributed by atoms with Crippen LogP contribution in [0.2, 0.25) is 0 Å². The van der Waals surface area contributed by atoms with Crippen molar-refractivity contribution in [1.82, 2.24) is 20.2 Å². The van der Waals surface area contributed by atoms with Crippen LogP contribution in [-0.4, -0.2) is 60.0 Å². The zero-order chi connectivity index (χ0) is 19.2. The molecule has 0 atom stereocenters. The first-order valence-electron chi connectivity index (χ1n) is 10.6. The fourth-order valence-corrected chi connectivity index (χ4v) is 4.18. The summed E-state index contributed by atoms with van der Waals surface area (Å²) in [6.45, 7) is 4.95. The van der Waals surface area contributed by atoms with Crippen LogP contribution in [0.25, 0.3) is 11.0 Å². The number of benzene rings is 1. The molecule has 2 aromatic rings. The molecule has 1 fully saturated rings. The lowest BCUT2D eigenvalue weighted by Crippen LogP contribution is -2.39. The summed E-state index contributed by atoms with van der Waals surface area (Å²) in [4.78, 5) is 25.0. The first kappa shape index (κ1) is 19.0. The highest BCUT2D eigenvalue weighted by Gasteiger charge is 2.19. The number of allylic oxidation sites excluding steroid dienone is 1. The van der Waals surface area contributed by atoms with Gasteiger partial charge in [-0.1, -0.05) is 23.8 Å². The van der Waals surface area contributed by atoms with Gasteiger partial charge in [-0.2, -0.15) is 0 Å². The average Bonchev–Trinajstić information content (AvgIpc) is 3.02. The Morgan fingerprint density at radius 3 is 2.89 bits per heavy atom. The zero-order valence-electron chi connectivity index (χ0n) is 16.6. The topological polar surface area (TPSA) is 64.3 Å². The lowest BCUT2D eigenvalue weighted by atomic mass is 9.97. The van der Waals surface area contributed by atoms with Crippen molar-refractivity contribution < 1.29 is 4.79 Å². The van der Waals surface area contributed by atoms with Gasteiger partial charge < -0.3 is 15.2 Å². The molecule has 1 aromatic carbocycles. The largest absolute Gasteiger partial charge is 0.355 e. The molecule has 0 radical (unpaired) electrons. The van der Waals surface area contributed by atoms with Crippen LogP contribution in [-0.2, 0) is 4.79 Å². The first-order chi connectivity index (χ1) is 13.8. The van der Waals surface area contributed by atoms with Gasteiger partial charge >= 0.3 is 0 Å². The maximum absolute atomic E-state index is 12.3. The van der Waals surface area contributed by atoms with E-state index >= 15 is 0 Å². The number of nitrogens with one attached hydrogen (secondary N) is 2. The summed E-state index contributed by atoms with van der Waals surface area (Å²) in [6.07, 6.45) is 9.43. The molecule has 6 nitrogen and oxygen atoms in total. The second-order valence-corrected chi connectivity index (χ2v) is 7.90. The number of aromatic nitrogens is 2. The number of anilines is 1. The second kappa shape index (κ2) is 9.24. The molecule has 1 saturated heterocycles. The Hall–Kier alpha value is -2.34. The van der Waals surface area contributed by atoms with Gasteiger partial charge in [0.15, 0.2) is 0 Å². The van der Waals surface area contributed by atoms with Gasteiger partial charge in [-0.05, 0) is 50.7 Å². The van der Waals surface area contributed by atoms with Crippen molar-refractivity contribution in [3.63, 3.8) is 0 Å². The molecule has 150 valence electrons. The smallest absolute Gasteiger partial charge is 0.234 e. The number of hydrogen-bond donors (Lipinski definition) is 2. The minimum atomic E-state index is 0.147. The van der Waals surface area contributed by atoms with Crippen molar-refractivity contribution in [2.24, 2.45) is 0 Å². The summed E-state index contributed by atoms with van der Waals surface area (Å²) >= 11 is 0. The van der Waals surface area contributed by atoms with E-state index in [2.05, 4.69) is 32.2 Å². The van der Waals surface area contributed by atoms with Crippen LogP contribution >= 0.6 is 0 Å². The Labute approximate surface area is 167 Å². The molecule has 2 heterocycles. The van der Waals surface area contributed by atoms with E-state index in [0.29, 0.717) is 6.54 Å². The number of hydrogen-bond acceptors (Lipinski definition) is 4. The van der Waals surface area contributed by atoms with Crippen molar-refractivity contribution in [1.29, 1.82) is 0 Å². The Morgan fingerprint density at radius 2 is 2.04 bits per heavy atom. The van der Waals surface area contributed by atoms with E-state index < -0.39 is 0 Å². The molecule has 0 spiro atoms. The van der Waals surface area contributed by atoms with Crippen LogP contribution in [0.3, 0.4) is 0 Å². The quantitative estimate of drug-likeness (QED) is 0.755. The van der Waals surface area contributed by atoms with E-state index in [1.165, 1.54) is 31.3 Å². The Balaban J connectivity index is 1.23. The zero-order valence-corrected chi connectivity index (χ0v) is 16.6. The summed E-state index contributed by atoms with van der Waals surface area (Å²) in [5, 5.41) is 3.10. The summed E-state index contributed by atoms with van der Waals surface area (Å²) in [7, 11) is 0. The van der Waals surface area contributed by atoms with Crippen LogP contribution in [0.4, 0.5) is 5.95 Å². The molecule has 0 bridgehead atoms. The third kappa shape index (κ3) is 4.93. The number of para-hydroxylation sites is 2. The third-order valence-electron chi connectivity index (χ3n) is 5.79. The van der Waals surface area contributed by atoms with E-state index in [1.54, 1.807) is 0 Å². The molecule has 1 aliphatic carbocycles. The monoisotopic (exact) mass is 381 g/mol. The van der Waals surface area contributed by atoms with Crippen molar-refractivity contribution in [3.05, 3.63) is 35.9 Å². The molecule has 1 amide bonds. The number of carbonyl (C=O) groups is 1. The van der Waals surface area contributed by atoms with Gasteiger partial charge in [0.25, 0.3) is 0 Å². The molecule has 0 saturated carbocycles. The first-order valence-corrected chi connectivity index (χ1v) is 10.6. The van der Waals surface area contributed by atoms with Crippen molar-refractivity contribution in [3.8, 4) is 0 Å². The van der Waals surface area contributed by atoms with E-state index in [4.69, 9.17) is 4.98 Å². The van der Waals surface area contributed by atoms with Gasteiger partial charge in [0, 0.05) is 32.7 Å². The summed E-state index contributed by atoms with van der Waals surface area (Å²) in [5.41, 5.74) is 3.60. The number of rotatable bonds is 6. The van der Waals surface area contributed by atoms with Crippen molar-refractivity contribution >= 4 is 22.9 Å². The van der Waals surface area contributed by atoms with Crippen LogP contribution in [0.15, 0.2) is 35.9 Å². The van der Waals surface area contributed by atoms with Crippen LogP contribution in [0, 0.1) is 0 Å². The number of aromatic amines is 1. The van der Waals surface area contributed by atoms with E-state index in [0.717, 1.165) is 62.5 Å². The predicted molar refractivity (Wildman–Crippen MR) is 114 cm³/mol. The number of imidazole rings is 1. The molecule has 2 aliphatic rings. The maximum Gasteiger partial charge on any atom is 0.234 e. The highest BCUT2D eigenvalue weighted by molar-refractivity contribution is 5.78. The summed E-state index contributed by atoms with van der Waals surface area (Å²) in [6, 6.07) is 8.13. The Bertz CT molecular complexity index is 794. The minimum Gasteiger partial charge on any atom is -0.355 e. The lowest BCUT2D eigenvalue weighted by Gasteiger charge is -2.21. The van der Waals surface area contributed by atoms with Gasteiger partial charge in [0.2, 0.25) is 11.9 Å². The van der Waals surface area contributed by atoms with Crippen LogP contribution in [0.5, 0.6) is 0 Å². The Morgan fingerprint density at radius 1 is 1.11 bits per heavy atom. The van der Waals surface area contributed by atoms with Gasteiger partial charge in [0.1, 0.15) is 0 Å². The number of carbonyl (C=O) groups excluding carboxylic acids is 1. The van der Waals surface area contributed by atoms with Crippen LogP contribution < -0.4 is 10.2 Å². The molecule has 4 rings (SSSR count). The van der Waals surface area contributed by atoms with Gasteiger partial charge in [-0.15, -0.1) is 0 Å². The van der Waals surface area contributed by atoms with E-state index in [1.807, 2.05) is 18.2 Å². The van der Waals surface area contributed by atoms with E-state index in [9.17, 15) is 4.79 Å². The summed E-state index contributed by atoms with van der Waals surface area (Å²) in [5.74, 6) is 1.09. The minimum absolute atomic E-state index is 0.147. The fraction of sp³-hybridized carbons (Fsp3) is 0.545. The number of amides is 1. The average molecular weight is 382 g/mol. The molecular weight excluding hydrogens is 350 g/mol. The summed E-state index contributed by atoms with van der Waals surface area (Å²) < 4.78 is 0. The standard InChI is InChI=1S/C22H31N5O/c28-21(23-12-11-18-7-2-1-3-8-18)17-26-13-6-14-27(16-15-26)22-24-19-9-4-5-10-20(19)25-22/h4-5,7,9-10H,1-3,6,8,11-17H2,(H,23,28)(H,24,25). The molecular formula is C22H31N5O. The molecule has 28 heavy (non-hydrogen) atoms. The van der Waals surface area contributed by atoms with Crippen molar-refractivity contribution in [2.75, 3.05) is 44.2 Å². The van der Waals surface area contributed by atoms with Crippen LogP contribution in [0.1, 0.15) is 38.5 Å². The molecule has 1 aromatic heterocycles. The fourth-order valence-electron chi connectivity index (χ4n) is 4.18. The van der Waals surface area contributed by atoms with Crippen molar-refractivity contribution in [2.45, 2.75) is 38.5 Å². The second-order valence-electron chi connectivity index (χ2n) is 7.90. The number of fused-ring (bicyclic) bond motifs is 1. The maximum atomic E-state index is 12.3.